The summed E-state index contributed by atoms with van der Waals surface area (Å²) >= 11 is 0. The lowest BCUT2D eigenvalue weighted by Crippen LogP contribution is -2.50. The van der Waals surface area contributed by atoms with Crippen LogP contribution in [0.3, 0.4) is 0 Å². The minimum atomic E-state index is 0.296. The molecule has 0 radical (unpaired) electrons. The highest BCUT2D eigenvalue weighted by molar-refractivity contribution is 5.35. The maximum Gasteiger partial charge on any atom is 0.0202 e. The van der Waals surface area contributed by atoms with Gasteiger partial charge in [-0.3, -0.25) is 0 Å². The maximum atomic E-state index is 6.43. The highest BCUT2D eigenvalue weighted by Crippen LogP contribution is 2.59. The second kappa shape index (κ2) is 2.63. The first-order valence-electron chi connectivity index (χ1n) is 5.74. The molecule has 1 heteroatoms. The summed E-state index contributed by atoms with van der Waals surface area (Å²) in [6.07, 6.45) is 2.58. The first-order chi connectivity index (χ1) is 6.31. The van der Waals surface area contributed by atoms with Gasteiger partial charge in [0.05, 0.1) is 0 Å². The monoisotopic (exact) mass is 193 g/mol. The predicted molar refractivity (Wildman–Crippen MR) is 61.0 cm³/mol. The van der Waals surface area contributed by atoms with Gasteiger partial charge in [0.1, 0.15) is 0 Å². The molecule has 1 saturated carbocycles. The van der Waals surface area contributed by atoms with E-state index in [0.29, 0.717) is 22.8 Å². The fourth-order valence-electron chi connectivity index (χ4n) is 3.73. The van der Waals surface area contributed by atoms with Crippen molar-refractivity contribution in [1.82, 2.24) is 0 Å². The largest absolute Gasteiger partial charge is 0.326 e. The molecule has 0 unspecified atom stereocenters. The first kappa shape index (κ1) is 10.2. The molecule has 2 rings (SSSR count). The van der Waals surface area contributed by atoms with Crippen molar-refractivity contribution in [1.29, 1.82) is 0 Å². The van der Waals surface area contributed by atoms with E-state index in [9.17, 15) is 0 Å². The van der Waals surface area contributed by atoms with Crippen LogP contribution in [0.2, 0.25) is 0 Å². The number of hydrogen-bond donors (Lipinski definition) is 1. The van der Waals surface area contributed by atoms with Gasteiger partial charge < -0.3 is 5.73 Å². The summed E-state index contributed by atoms with van der Waals surface area (Å²) in [6, 6.07) is 0.353. The Labute approximate surface area is 87.8 Å². The number of nitrogens with two attached hydrogens (primary N) is 1. The second-order valence-electron chi connectivity index (χ2n) is 6.22. The molecule has 0 spiro atoms. The fraction of sp³-hybridized carbons (Fsp3) is 0.846. The molecule has 0 aromatic heterocycles. The van der Waals surface area contributed by atoms with Gasteiger partial charge in [-0.15, -0.1) is 0 Å². The lowest BCUT2D eigenvalue weighted by Gasteiger charge is -2.47. The average Bonchev–Trinajstić information content (AvgIpc) is 2.21. The summed E-state index contributed by atoms with van der Waals surface area (Å²) in [4.78, 5) is 0. The van der Waals surface area contributed by atoms with E-state index in [1.807, 2.05) is 0 Å². The van der Waals surface area contributed by atoms with Gasteiger partial charge in [-0.1, -0.05) is 31.9 Å². The van der Waals surface area contributed by atoms with Gasteiger partial charge in [0.15, 0.2) is 0 Å². The van der Waals surface area contributed by atoms with E-state index < -0.39 is 0 Å². The molecule has 14 heavy (non-hydrogen) atoms. The third-order valence-electron chi connectivity index (χ3n) is 5.14. The van der Waals surface area contributed by atoms with Crippen LogP contribution in [0.25, 0.3) is 0 Å². The molecule has 2 aliphatic carbocycles. The topological polar surface area (TPSA) is 26.0 Å². The van der Waals surface area contributed by atoms with Crippen LogP contribution in [0.1, 0.15) is 47.5 Å². The van der Waals surface area contributed by atoms with Crippen LogP contribution in [0.15, 0.2) is 11.1 Å². The Morgan fingerprint density at radius 1 is 1.14 bits per heavy atom. The van der Waals surface area contributed by atoms with Gasteiger partial charge in [-0.05, 0) is 32.1 Å². The minimum Gasteiger partial charge on any atom is -0.326 e. The molecule has 0 heterocycles. The second-order valence-corrected chi connectivity index (χ2v) is 6.22. The Balaban J connectivity index is 2.51. The van der Waals surface area contributed by atoms with Gasteiger partial charge >= 0.3 is 0 Å². The zero-order chi connectivity index (χ0) is 10.7. The molecule has 0 aromatic carbocycles. The molecule has 1 fully saturated rings. The van der Waals surface area contributed by atoms with Gasteiger partial charge in [-0.25, -0.2) is 0 Å². The molecule has 2 aliphatic rings. The van der Waals surface area contributed by atoms with E-state index in [1.54, 1.807) is 11.1 Å². The summed E-state index contributed by atoms with van der Waals surface area (Å²) in [7, 11) is 0. The predicted octanol–water partition coefficient (Wildman–Crippen LogP) is 3.11. The van der Waals surface area contributed by atoms with Crippen molar-refractivity contribution < 1.29 is 0 Å². The minimum absolute atomic E-state index is 0.296. The number of rotatable bonds is 0. The van der Waals surface area contributed by atoms with Crippen LogP contribution < -0.4 is 5.73 Å². The summed E-state index contributed by atoms with van der Waals surface area (Å²) in [6.45, 7) is 11.7. The van der Waals surface area contributed by atoms with E-state index >= 15 is 0 Å². The van der Waals surface area contributed by atoms with Crippen LogP contribution in [0.4, 0.5) is 0 Å². The van der Waals surface area contributed by atoms with E-state index in [-0.39, 0.29) is 0 Å². The third kappa shape index (κ3) is 0.995. The Kier molecular flexibility index (Phi) is 1.92. The lowest BCUT2D eigenvalue weighted by molar-refractivity contribution is 0.0853. The van der Waals surface area contributed by atoms with E-state index in [1.165, 1.54) is 12.8 Å². The molecular weight excluding hydrogens is 170 g/mol. The standard InChI is InChI=1S/C13H23N/c1-8-9(2)13(5)7-6-12(3,4)10(8)11(13)14/h10-11H,6-7,14H2,1-5H3/t10-,11-,13+/m1/s1. The maximum absolute atomic E-state index is 6.43. The Hall–Kier alpha value is -0.300. The number of hydrogen-bond acceptors (Lipinski definition) is 1. The summed E-state index contributed by atoms with van der Waals surface area (Å²) in [5.41, 5.74) is 10.3. The van der Waals surface area contributed by atoms with Gasteiger partial charge in [0, 0.05) is 17.4 Å². The third-order valence-corrected chi connectivity index (χ3v) is 5.14. The summed E-state index contributed by atoms with van der Waals surface area (Å²) < 4.78 is 0. The molecule has 3 atom stereocenters. The van der Waals surface area contributed by atoms with Crippen molar-refractivity contribution in [3.8, 4) is 0 Å². The van der Waals surface area contributed by atoms with Crippen LogP contribution in [-0.2, 0) is 0 Å². The van der Waals surface area contributed by atoms with Crippen LogP contribution in [0, 0.1) is 16.7 Å². The molecular formula is C13H23N. The molecule has 0 aromatic rings. The SMILES string of the molecule is CC1=C(C)[C@]2(C)CCC(C)(C)[C@H]1[C@H]2N. The van der Waals surface area contributed by atoms with Crippen LogP contribution in [-0.4, -0.2) is 6.04 Å². The smallest absolute Gasteiger partial charge is 0.0202 e. The van der Waals surface area contributed by atoms with Crippen molar-refractivity contribution in [3.63, 3.8) is 0 Å². The Bertz CT molecular complexity index is 300. The highest BCUT2D eigenvalue weighted by atomic mass is 14.8. The fourth-order valence-corrected chi connectivity index (χ4v) is 3.73. The lowest BCUT2D eigenvalue weighted by atomic mass is 9.60. The quantitative estimate of drug-likeness (QED) is 0.588. The van der Waals surface area contributed by atoms with Gasteiger partial charge in [-0.2, -0.15) is 0 Å². The van der Waals surface area contributed by atoms with Crippen molar-refractivity contribution in [2.75, 3.05) is 0 Å². The molecule has 80 valence electrons. The molecule has 0 amide bonds. The molecule has 2 bridgehead atoms. The normalized spacial score (nSPS) is 45.9. The average molecular weight is 193 g/mol. The van der Waals surface area contributed by atoms with E-state index in [2.05, 4.69) is 34.6 Å². The van der Waals surface area contributed by atoms with Crippen molar-refractivity contribution in [3.05, 3.63) is 11.1 Å². The Morgan fingerprint density at radius 3 is 2.21 bits per heavy atom. The number of fused-ring (bicyclic) bond motifs is 2. The van der Waals surface area contributed by atoms with Gasteiger partial charge in [0.25, 0.3) is 0 Å². The highest BCUT2D eigenvalue weighted by Gasteiger charge is 2.54. The zero-order valence-electron chi connectivity index (χ0n) is 10.1. The van der Waals surface area contributed by atoms with Crippen molar-refractivity contribution in [2.24, 2.45) is 22.5 Å². The van der Waals surface area contributed by atoms with Crippen LogP contribution in [0.5, 0.6) is 0 Å². The van der Waals surface area contributed by atoms with Gasteiger partial charge in [0.2, 0.25) is 0 Å². The summed E-state index contributed by atoms with van der Waals surface area (Å²) in [5.74, 6) is 0.612. The zero-order valence-corrected chi connectivity index (χ0v) is 10.1. The molecule has 0 saturated heterocycles. The van der Waals surface area contributed by atoms with Crippen molar-refractivity contribution >= 4 is 0 Å². The molecule has 0 aliphatic heterocycles. The van der Waals surface area contributed by atoms with E-state index in [0.717, 1.165) is 0 Å². The van der Waals surface area contributed by atoms with Crippen LogP contribution >= 0.6 is 0 Å². The molecule has 2 N–H and O–H groups in total. The summed E-state index contributed by atoms with van der Waals surface area (Å²) in [5, 5.41) is 0. The Morgan fingerprint density at radius 2 is 1.71 bits per heavy atom. The van der Waals surface area contributed by atoms with Crippen molar-refractivity contribution in [2.45, 2.75) is 53.5 Å². The van der Waals surface area contributed by atoms with E-state index in [4.69, 9.17) is 5.73 Å². The molecule has 1 nitrogen and oxygen atoms in total. The first-order valence-corrected chi connectivity index (χ1v) is 5.74.